The van der Waals surface area contributed by atoms with Gasteiger partial charge in [-0.3, -0.25) is 10.1 Å². The van der Waals surface area contributed by atoms with Gasteiger partial charge in [-0.25, -0.2) is 0 Å². The Hall–Kier alpha value is -1.07. The predicted molar refractivity (Wildman–Crippen MR) is 76.2 cm³/mol. The Bertz CT molecular complexity index is 464. The first kappa shape index (κ1) is 14.3. The normalized spacial score (nSPS) is 19.2. The van der Waals surface area contributed by atoms with Crippen molar-refractivity contribution in [3.63, 3.8) is 0 Å². The largest absolute Gasteiger partial charge is 0.493 e. The molecule has 5 heteroatoms. The number of rotatable bonds is 4. The quantitative estimate of drug-likeness (QED) is 0.864. The van der Waals surface area contributed by atoms with Gasteiger partial charge in [-0.2, -0.15) is 0 Å². The van der Waals surface area contributed by atoms with E-state index in [1.165, 1.54) is 0 Å². The van der Waals surface area contributed by atoms with E-state index in [0.29, 0.717) is 13.2 Å². The zero-order valence-electron chi connectivity index (χ0n) is 11.1. The predicted octanol–water partition coefficient (Wildman–Crippen LogP) is 2.81. The van der Waals surface area contributed by atoms with Crippen LogP contribution >= 0.6 is 15.9 Å². The molecule has 0 saturated carbocycles. The molecular weight excluding hydrogens is 310 g/mol. The number of ether oxygens (including phenoxy) is 2. The summed E-state index contributed by atoms with van der Waals surface area (Å²) in [5.74, 6) is 0.661. The van der Waals surface area contributed by atoms with Crippen LogP contribution in [0.2, 0.25) is 0 Å². The third-order valence-corrected chi connectivity index (χ3v) is 3.60. The molecule has 2 rings (SSSR count). The zero-order chi connectivity index (χ0) is 13.8. The lowest BCUT2D eigenvalue weighted by Crippen LogP contribution is -2.39. The Kier molecular flexibility index (Phi) is 4.82. The van der Waals surface area contributed by atoms with Crippen molar-refractivity contribution in [2.45, 2.75) is 32.4 Å². The number of hydrogen-bond donors (Lipinski definition) is 1. The fraction of sp³-hybridized carbons (Fsp3) is 0.500. The minimum Gasteiger partial charge on any atom is -0.493 e. The molecule has 0 bridgehead atoms. The van der Waals surface area contributed by atoms with E-state index >= 15 is 0 Å². The summed E-state index contributed by atoms with van der Waals surface area (Å²) in [4.78, 5) is 11.7. The topological polar surface area (TPSA) is 47.6 Å². The summed E-state index contributed by atoms with van der Waals surface area (Å²) in [6, 6.07) is 5.72. The van der Waals surface area contributed by atoms with Crippen LogP contribution in [-0.2, 0) is 9.53 Å². The highest BCUT2D eigenvalue weighted by molar-refractivity contribution is 9.10. The van der Waals surface area contributed by atoms with Crippen molar-refractivity contribution >= 4 is 21.9 Å². The molecule has 0 radical (unpaired) electrons. The van der Waals surface area contributed by atoms with Gasteiger partial charge in [0.05, 0.1) is 13.2 Å². The van der Waals surface area contributed by atoms with E-state index in [-0.39, 0.29) is 18.1 Å². The summed E-state index contributed by atoms with van der Waals surface area (Å²) in [7, 11) is 0. The van der Waals surface area contributed by atoms with Gasteiger partial charge in [-0.15, -0.1) is 0 Å². The first-order valence-corrected chi connectivity index (χ1v) is 7.26. The van der Waals surface area contributed by atoms with Crippen molar-refractivity contribution in [1.29, 1.82) is 0 Å². The van der Waals surface area contributed by atoms with Gasteiger partial charge in [-0.05, 0) is 32.0 Å². The maximum Gasteiger partial charge on any atom is 0.322 e. The molecule has 1 aromatic rings. The Morgan fingerprint density at radius 1 is 1.63 bits per heavy atom. The van der Waals surface area contributed by atoms with Crippen LogP contribution in [0.1, 0.15) is 31.9 Å². The molecule has 0 saturated heterocycles. The van der Waals surface area contributed by atoms with E-state index in [2.05, 4.69) is 21.2 Å². The summed E-state index contributed by atoms with van der Waals surface area (Å²) in [5, 5.41) is 3.31. The van der Waals surface area contributed by atoms with Gasteiger partial charge in [0.1, 0.15) is 11.8 Å². The monoisotopic (exact) mass is 327 g/mol. The van der Waals surface area contributed by atoms with Gasteiger partial charge in [-0.1, -0.05) is 15.9 Å². The molecule has 1 heterocycles. The minimum absolute atomic E-state index is 0.112. The first-order valence-electron chi connectivity index (χ1n) is 6.46. The molecule has 2 atom stereocenters. The smallest absolute Gasteiger partial charge is 0.322 e. The highest BCUT2D eigenvalue weighted by Crippen LogP contribution is 2.34. The second-order valence-electron chi connectivity index (χ2n) is 4.51. The molecule has 2 unspecified atom stereocenters. The van der Waals surface area contributed by atoms with Crippen LogP contribution < -0.4 is 10.1 Å². The number of halogens is 1. The molecule has 0 aliphatic carbocycles. The van der Waals surface area contributed by atoms with E-state index in [1.807, 2.05) is 32.0 Å². The SMILES string of the molecule is CCOC(=O)C(C)NC1CCOc2ccc(Br)cc21. The van der Waals surface area contributed by atoms with Crippen LogP contribution in [0.25, 0.3) is 0 Å². The molecule has 0 fully saturated rings. The van der Waals surface area contributed by atoms with E-state index < -0.39 is 0 Å². The molecule has 4 nitrogen and oxygen atoms in total. The molecule has 0 spiro atoms. The van der Waals surface area contributed by atoms with Crippen LogP contribution in [0.4, 0.5) is 0 Å². The van der Waals surface area contributed by atoms with Crippen LogP contribution in [-0.4, -0.2) is 25.2 Å². The van der Waals surface area contributed by atoms with E-state index in [9.17, 15) is 4.79 Å². The number of esters is 1. The van der Waals surface area contributed by atoms with Crippen molar-refractivity contribution in [2.75, 3.05) is 13.2 Å². The van der Waals surface area contributed by atoms with Gasteiger partial charge in [0.25, 0.3) is 0 Å². The average molecular weight is 328 g/mol. The summed E-state index contributed by atoms with van der Waals surface area (Å²) in [5.41, 5.74) is 1.08. The number of benzene rings is 1. The number of nitrogens with one attached hydrogen (secondary N) is 1. The fourth-order valence-corrected chi connectivity index (χ4v) is 2.55. The second kappa shape index (κ2) is 6.39. The number of fused-ring (bicyclic) bond motifs is 1. The Morgan fingerprint density at radius 2 is 2.42 bits per heavy atom. The first-order chi connectivity index (χ1) is 9.11. The van der Waals surface area contributed by atoms with Gasteiger partial charge < -0.3 is 9.47 Å². The van der Waals surface area contributed by atoms with Crippen LogP contribution in [0, 0.1) is 0 Å². The van der Waals surface area contributed by atoms with E-state index in [4.69, 9.17) is 9.47 Å². The maximum atomic E-state index is 11.7. The van der Waals surface area contributed by atoms with Crippen molar-refractivity contribution in [2.24, 2.45) is 0 Å². The van der Waals surface area contributed by atoms with Crippen LogP contribution in [0.3, 0.4) is 0 Å². The fourth-order valence-electron chi connectivity index (χ4n) is 2.18. The molecule has 1 aliphatic heterocycles. The maximum absolute atomic E-state index is 11.7. The molecule has 0 amide bonds. The van der Waals surface area contributed by atoms with Crippen LogP contribution in [0.5, 0.6) is 5.75 Å². The average Bonchev–Trinajstić information content (AvgIpc) is 2.39. The second-order valence-corrected chi connectivity index (χ2v) is 5.43. The highest BCUT2D eigenvalue weighted by Gasteiger charge is 2.25. The lowest BCUT2D eigenvalue weighted by Gasteiger charge is -2.28. The van der Waals surface area contributed by atoms with E-state index in [1.54, 1.807) is 0 Å². The van der Waals surface area contributed by atoms with E-state index in [0.717, 1.165) is 22.2 Å². The lowest BCUT2D eigenvalue weighted by atomic mass is 10.00. The van der Waals surface area contributed by atoms with Crippen molar-refractivity contribution < 1.29 is 14.3 Å². The van der Waals surface area contributed by atoms with Gasteiger partial charge in [0.2, 0.25) is 0 Å². The lowest BCUT2D eigenvalue weighted by molar-refractivity contribution is -0.145. The molecule has 104 valence electrons. The Labute approximate surface area is 121 Å². The zero-order valence-corrected chi connectivity index (χ0v) is 12.7. The Balaban J connectivity index is 2.11. The minimum atomic E-state index is -0.324. The third-order valence-electron chi connectivity index (χ3n) is 3.10. The van der Waals surface area contributed by atoms with Gasteiger partial charge in [0, 0.05) is 22.5 Å². The van der Waals surface area contributed by atoms with Gasteiger partial charge >= 0.3 is 5.97 Å². The highest BCUT2D eigenvalue weighted by atomic mass is 79.9. The molecular formula is C14H18BrNO3. The summed E-state index contributed by atoms with van der Waals surface area (Å²) >= 11 is 3.46. The summed E-state index contributed by atoms with van der Waals surface area (Å²) in [6.07, 6.45) is 0.840. The molecule has 19 heavy (non-hydrogen) atoms. The van der Waals surface area contributed by atoms with Crippen molar-refractivity contribution in [1.82, 2.24) is 5.32 Å². The van der Waals surface area contributed by atoms with Gasteiger partial charge in [0.15, 0.2) is 0 Å². The standard InChI is InChI=1S/C14H18BrNO3/c1-3-18-14(17)9(2)16-12-6-7-19-13-5-4-10(15)8-11(12)13/h4-5,8-9,12,16H,3,6-7H2,1-2H3. The number of hydrogen-bond acceptors (Lipinski definition) is 4. The molecule has 1 N–H and O–H groups in total. The van der Waals surface area contributed by atoms with Crippen molar-refractivity contribution in [3.8, 4) is 5.75 Å². The number of carbonyl (C=O) groups excluding carboxylic acids is 1. The molecule has 1 aromatic carbocycles. The molecule has 0 aromatic heterocycles. The number of carbonyl (C=O) groups is 1. The summed E-state index contributed by atoms with van der Waals surface area (Å²) < 4.78 is 11.6. The van der Waals surface area contributed by atoms with Crippen molar-refractivity contribution in [3.05, 3.63) is 28.2 Å². The third kappa shape index (κ3) is 3.48. The van der Waals surface area contributed by atoms with Crippen LogP contribution in [0.15, 0.2) is 22.7 Å². The Morgan fingerprint density at radius 3 is 3.16 bits per heavy atom. The summed E-state index contributed by atoms with van der Waals surface area (Å²) in [6.45, 7) is 4.69. The molecule has 1 aliphatic rings.